The molecule has 28 heavy (non-hydrogen) atoms. The molecule has 1 N–H and O–H groups in total. The summed E-state index contributed by atoms with van der Waals surface area (Å²) in [5.74, 6) is 0.196. The van der Waals surface area contributed by atoms with Crippen LogP contribution in [0, 0.1) is 0 Å². The van der Waals surface area contributed by atoms with E-state index in [1.807, 2.05) is 6.92 Å². The zero-order valence-corrected chi connectivity index (χ0v) is 17.9. The van der Waals surface area contributed by atoms with Gasteiger partial charge in [-0.15, -0.1) is 0 Å². The molecule has 0 saturated carbocycles. The second-order valence-corrected chi connectivity index (χ2v) is 7.53. The molecule has 0 atom stereocenters. The van der Waals surface area contributed by atoms with Gasteiger partial charge in [-0.25, -0.2) is 0 Å². The van der Waals surface area contributed by atoms with Gasteiger partial charge < -0.3 is 14.7 Å². The first-order valence-corrected chi connectivity index (χ1v) is 11.1. The number of rotatable bonds is 17. The molecule has 0 bridgehead atoms. The van der Waals surface area contributed by atoms with Crippen LogP contribution < -0.4 is 5.32 Å². The first-order chi connectivity index (χ1) is 13.7. The third-order valence-corrected chi connectivity index (χ3v) is 4.88. The van der Waals surface area contributed by atoms with Crippen LogP contribution in [0.1, 0.15) is 97.3 Å². The summed E-state index contributed by atoms with van der Waals surface area (Å²) < 4.78 is 4.69. The second-order valence-electron chi connectivity index (χ2n) is 7.53. The minimum Gasteiger partial charge on any atom is -0.363 e. The van der Waals surface area contributed by atoms with Crippen molar-refractivity contribution in [3.05, 3.63) is 12.3 Å². The number of aromatic nitrogens is 1. The van der Waals surface area contributed by atoms with Gasteiger partial charge in [-0.05, 0) is 12.8 Å². The van der Waals surface area contributed by atoms with Crippen LogP contribution in [0.15, 0.2) is 16.9 Å². The Bertz CT molecular complexity index is 517. The van der Waals surface area contributed by atoms with E-state index in [1.165, 1.54) is 64.1 Å². The molecule has 1 aromatic rings. The van der Waals surface area contributed by atoms with Gasteiger partial charge in [-0.1, -0.05) is 83.2 Å². The summed E-state index contributed by atoms with van der Waals surface area (Å²) in [7, 11) is 0. The topological polar surface area (TPSA) is 75.4 Å². The fourth-order valence-corrected chi connectivity index (χ4v) is 3.29. The monoisotopic (exact) mass is 393 g/mol. The number of anilines is 1. The maximum Gasteiger partial charge on any atom is 0.245 e. The number of carbonyl (C=O) groups excluding carboxylic acids is 2. The first kappa shape index (κ1) is 24.2. The van der Waals surface area contributed by atoms with Crippen LogP contribution in [0.2, 0.25) is 0 Å². The van der Waals surface area contributed by atoms with Crippen molar-refractivity contribution in [3.8, 4) is 0 Å². The van der Waals surface area contributed by atoms with Gasteiger partial charge in [0.15, 0.2) is 5.82 Å². The molecule has 6 heteroatoms. The van der Waals surface area contributed by atoms with E-state index in [2.05, 4.69) is 17.4 Å². The summed E-state index contributed by atoms with van der Waals surface area (Å²) >= 11 is 0. The summed E-state index contributed by atoms with van der Waals surface area (Å²) in [6, 6.07) is 1.58. The Hall–Kier alpha value is -1.85. The Labute approximate surface area is 170 Å². The van der Waals surface area contributed by atoms with Gasteiger partial charge in [0.05, 0.1) is 6.54 Å². The van der Waals surface area contributed by atoms with E-state index in [4.69, 9.17) is 4.52 Å². The van der Waals surface area contributed by atoms with Crippen molar-refractivity contribution in [2.45, 2.75) is 97.3 Å². The lowest BCUT2D eigenvalue weighted by Crippen LogP contribution is -2.38. The van der Waals surface area contributed by atoms with Gasteiger partial charge in [0, 0.05) is 19.0 Å². The number of hydrogen-bond acceptors (Lipinski definition) is 4. The van der Waals surface area contributed by atoms with Gasteiger partial charge in [0.1, 0.15) is 6.26 Å². The van der Waals surface area contributed by atoms with E-state index in [0.29, 0.717) is 18.8 Å². The zero-order valence-electron chi connectivity index (χ0n) is 17.9. The molecule has 1 heterocycles. The highest BCUT2D eigenvalue weighted by molar-refractivity contribution is 5.93. The maximum atomic E-state index is 12.4. The fraction of sp³-hybridized carbons (Fsp3) is 0.773. The highest BCUT2D eigenvalue weighted by Crippen LogP contribution is 2.12. The normalized spacial score (nSPS) is 10.8. The molecule has 0 spiro atoms. The van der Waals surface area contributed by atoms with Gasteiger partial charge in [0.25, 0.3) is 0 Å². The van der Waals surface area contributed by atoms with E-state index in [9.17, 15) is 9.59 Å². The van der Waals surface area contributed by atoms with Crippen molar-refractivity contribution in [2.24, 2.45) is 0 Å². The third-order valence-electron chi connectivity index (χ3n) is 4.88. The lowest BCUT2D eigenvalue weighted by molar-refractivity contribution is -0.134. The fourth-order valence-electron chi connectivity index (χ4n) is 3.29. The standard InChI is InChI=1S/C22H39N3O3/c1-3-5-6-7-8-9-10-11-12-13-14-15-22(27)25(17-4-2)19-21(26)23-20-16-18-28-24-20/h16,18H,3-15,17,19H2,1-2H3,(H,23,24,26). The van der Waals surface area contributed by atoms with E-state index in [0.717, 1.165) is 19.3 Å². The second kappa shape index (κ2) is 16.1. The molecule has 0 aliphatic heterocycles. The van der Waals surface area contributed by atoms with Gasteiger partial charge in [-0.2, -0.15) is 0 Å². The summed E-state index contributed by atoms with van der Waals surface area (Å²) in [4.78, 5) is 26.2. The van der Waals surface area contributed by atoms with Crippen molar-refractivity contribution < 1.29 is 14.1 Å². The molecular formula is C22H39N3O3. The molecule has 2 amide bonds. The molecule has 1 aromatic heterocycles. The van der Waals surface area contributed by atoms with Crippen LogP contribution in [0.3, 0.4) is 0 Å². The molecule has 0 aliphatic rings. The van der Waals surface area contributed by atoms with Crippen LogP contribution in [0.25, 0.3) is 0 Å². The van der Waals surface area contributed by atoms with E-state index >= 15 is 0 Å². The Morgan fingerprint density at radius 3 is 2.07 bits per heavy atom. The van der Waals surface area contributed by atoms with Gasteiger partial charge >= 0.3 is 0 Å². The maximum absolute atomic E-state index is 12.4. The van der Waals surface area contributed by atoms with Gasteiger partial charge in [-0.3, -0.25) is 9.59 Å². The number of nitrogens with one attached hydrogen (secondary N) is 1. The Balaban J connectivity index is 2.10. The molecule has 160 valence electrons. The summed E-state index contributed by atoms with van der Waals surface area (Å²) in [6.07, 6.45) is 16.6. The zero-order chi connectivity index (χ0) is 20.5. The van der Waals surface area contributed by atoms with Gasteiger partial charge in [0.2, 0.25) is 11.8 Å². The van der Waals surface area contributed by atoms with Crippen molar-refractivity contribution >= 4 is 17.6 Å². The average Bonchev–Trinajstić information content (AvgIpc) is 3.18. The molecule has 0 saturated heterocycles. The van der Waals surface area contributed by atoms with Crippen LogP contribution in [-0.4, -0.2) is 35.0 Å². The van der Waals surface area contributed by atoms with Crippen molar-refractivity contribution in [3.63, 3.8) is 0 Å². The minimum absolute atomic E-state index is 0.0630. The predicted octanol–water partition coefficient (Wildman–Crippen LogP) is 5.55. The van der Waals surface area contributed by atoms with Crippen molar-refractivity contribution in [1.29, 1.82) is 0 Å². The number of unbranched alkanes of at least 4 members (excludes halogenated alkanes) is 10. The Kier molecular flexibility index (Phi) is 13.9. The quantitative estimate of drug-likeness (QED) is 0.352. The highest BCUT2D eigenvalue weighted by atomic mass is 16.5. The average molecular weight is 394 g/mol. The SMILES string of the molecule is CCCCCCCCCCCCCC(=O)N(CCC)CC(=O)Nc1ccon1. The highest BCUT2D eigenvalue weighted by Gasteiger charge is 2.16. The lowest BCUT2D eigenvalue weighted by atomic mass is 10.1. The summed E-state index contributed by atoms with van der Waals surface area (Å²) in [5, 5.41) is 6.29. The largest absolute Gasteiger partial charge is 0.363 e. The van der Waals surface area contributed by atoms with Crippen LogP contribution >= 0.6 is 0 Å². The van der Waals surface area contributed by atoms with Crippen LogP contribution in [-0.2, 0) is 9.59 Å². The molecule has 1 rings (SSSR count). The number of amides is 2. The molecule has 6 nitrogen and oxygen atoms in total. The van der Waals surface area contributed by atoms with Crippen molar-refractivity contribution in [2.75, 3.05) is 18.4 Å². The molecular weight excluding hydrogens is 354 g/mol. The van der Waals surface area contributed by atoms with Crippen LogP contribution in [0.5, 0.6) is 0 Å². The molecule has 0 fully saturated rings. The smallest absolute Gasteiger partial charge is 0.245 e. The first-order valence-electron chi connectivity index (χ1n) is 11.1. The van der Waals surface area contributed by atoms with Crippen LogP contribution in [0.4, 0.5) is 5.82 Å². The molecule has 0 radical (unpaired) electrons. The molecule has 0 aromatic carbocycles. The number of hydrogen-bond donors (Lipinski definition) is 1. The van der Waals surface area contributed by atoms with E-state index < -0.39 is 0 Å². The third kappa shape index (κ3) is 11.8. The predicted molar refractivity (Wildman–Crippen MR) is 113 cm³/mol. The number of carbonyl (C=O) groups is 2. The Morgan fingerprint density at radius 1 is 0.929 bits per heavy atom. The minimum atomic E-state index is -0.241. The van der Waals surface area contributed by atoms with E-state index in [-0.39, 0.29) is 18.4 Å². The lowest BCUT2D eigenvalue weighted by Gasteiger charge is -2.21. The Morgan fingerprint density at radius 2 is 1.54 bits per heavy atom. The molecule has 0 aliphatic carbocycles. The summed E-state index contributed by atoms with van der Waals surface area (Å²) in [5.41, 5.74) is 0. The number of nitrogens with zero attached hydrogens (tertiary/aromatic N) is 2. The molecule has 0 unspecified atom stereocenters. The van der Waals surface area contributed by atoms with Crippen molar-refractivity contribution in [1.82, 2.24) is 10.1 Å². The van der Waals surface area contributed by atoms with E-state index in [1.54, 1.807) is 11.0 Å². The summed E-state index contributed by atoms with van der Waals surface area (Å²) in [6.45, 7) is 4.93.